The SMILES string of the molecule is c1ccc(N(c2ccc3c(c2)oc2ccccc23)c2cccc3oc4c5ccccc5ccc4c23)c(-c2ccc3sc4ccccc4c3c2)c1. The van der Waals surface area contributed by atoms with Gasteiger partial charge in [-0.3, -0.25) is 0 Å². The van der Waals surface area contributed by atoms with E-state index in [2.05, 4.69) is 157 Å². The molecule has 8 aromatic carbocycles. The van der Waals surface area contributed by atoms with Gasteiger partial charge in [0.05, 0.1) is 16.8 Å². The van der Waals surface area contributed by atoms with Crippen molar-refractivity contribution in [2.75, 3.05) is 4.90 Å². The molecule has 0 saturated carbocycles. The highest BCUT2D eigenvalue weighted by Gasteiger charge is 2.23. The van der Waals surface area contributed by atoms with Crippen LogP contribution in [0.2, 0.25) is 0 Å². The number of benzene rings is 8. The number of para-hydroxylation sites is 2. The molecule has 0 amide bonds. The van der Waals surface area contributed by atoms with Crippen LogP contribution in [-0.4, -0.2) is 0 Å². The number of furan rings is 2. The Labute approximate surface area is 290 Å². The van der Waals surface area contributed by atoms with Crippen molar-refractivity contribution in [3.05, 3.63) is 164 Å². The summed E-state index contributed by atoms with van der Waals surface area (Å²) in [5, 5.41) is 9.23. The van der Waals surface area contributed by atoms with E-state index in [-0.39, 0.29) is 0 Å². The number of nitrogens with zero attached hydrogens (tertiary/aromatic N) is 1. The molecule has 50 heavy (non-hydrogen) atoms. The summed E-state index contributed by atoms with van der Waals surface area (Å²) in [7, 11) is 0. The second kappa shape index (κ2) is 10.6. The molecule has 234 valence electrons. The topological polar surface area (TPSA) is 29.5 Å². The number of fused-ring (bicyclic) bond motifs is 11. The van der Waals surface area contributed by atoms with Crippen LogP contribution in [0.4, 0.5) is 17.1 Å². The van der Waals surface area contributed by atoms with Crippen LogP contribution < -0.4 is 4.90 Å². The molecule has 3 aromatic heterocycles. The van der Waals surface area contributed by atoms with E-state index in [0.717, 1.165) is 77.3 Å². The van der Waals surface area contributed by atoms with Crippen molar-refractivity contribution in [2.24, 2.45) is 0 Å². The van der Waals surface area contributed by atoms with Crippen LogP contribution in [0.15, 0.2) is 173 Å². The molecule has 0 radical (unpaired) electrons. The van der Waals surface area contributed by atoms with E-state index in [9.17, 15) is 0 Å². The molecule has 0 fully saturated rings. The van der Waals surface area contributed by atoms with Gasteiger partial charge in [0.2, 0.25) is 0 Å². The molecule has 0 N–H and O–H groups in total. The van der Waals surface area contributed by atoms with Crippen LogP contribution in [0.3, 0.4) is 0 Å². The Kier molecular flexibility index (Phi) is 5.83. The molecule has 3 heterocycles. The van der Waals surface area contributed by atoms with Crippen LogP contribution in [0.25, 0.3) is 85.9 Å². The lowest BCUT2D eigenvalue weighted by molar-refractivity contribution is 0.669. The standard InChI is InChI=1S/C46H27NO2S/c1-2-12-32-28(10-1)20-23-36-45-39(16-9-18-41(45)49-46(32)36)47(30-22-24-34-33-13-4-7-17-40(33)48-42(34)27-30)38-15-6-3-11-31(38)29-21-25-44-37(26-29)35-14-5-8-19-43(35)50-44/h1-27H. The average Bonchev–Trinajstić information content (AvgIpc) is 3.86. The second-order valence-corrected chi connectivity index (χ2v) is 13.9. The van der Waals surface area contributed by atoms with Crippen molar-refractivity contribution in [2.45, 2.75) is 0 Å². The van der Waals surface area contributed by atoms with E-state index in [1.165, 1.54) is 25.7 Å². The summed E-state index contributed by atoms with van der Waals surface area (Å²) in [5.41, 5.74) is 8.94. The van der Waals surface area contributed by atoms with Gasteiger partial charge in [-0.05, 0) is 71.6 Å². The molecular formula is C46H27NO2S. The lowest BCUT2D eigenvalue weighted by atomic mass is 9.99. The third-order valence-corrected chi connectivity index (χ3v) is 11.2. The van der Waals surface area contributed by atoms with Crippen molar-refractivity contribution in [3.63, 3.8) is 0 Å². The highest BCUT2D eigenvalue weighted by atomic mass is 32.1. The number of anilines is 3. The van der Waals surface area contributed by atoms with Crippen LogP contribution in [0.1, 0.15) is 0 Å². The Balaban J connectivity index is 1.21. The molecule has 0 spiro atoms. The van der Waals surface area contributed by atoms with Crippen molar-refractivity contribution in [1.82, 2.24) is 0 Å². The number of thiophene rings is 1. The molecular weight excluding hydrogens is 631 g/mol. The molecule has 0 unspecified atom stereocenters. The van der Waals surface area contributed by atoms with E-state index in [1.54, 1.807) is 0 Å². The first-order valence-corrected chi connectivity index (χ1v) is 17.7. The molecule has 0 bridgehead atoms. The Hall–Kier alpha value is -6.36. The summed E-state index contributed by atoms with van der Waals surface area (Å²) >= 11 is 1.85. The maximum Gasteiger partial charge on any atom is 0.143 e. The minimum absolute atomic E-state index is 0.854. The first-order chi connectivity index (χ1) is 24.8. The predicted octanol–water partition coefficient (Wildman–Crippen LogP) is 14.1. The van der Waals surface area contributed by atoms with E-state index >= 15 is 0 Å². The van der Waals surface area contributed by atoms with Gasteiger partial charge in [-0.25, -0.2) is 0 Å². The fourth-order valence-electron chi connectivity index (χ4n) is 7.79. The zero-order valence-corrected chi connectivity index (χ0v) is 27.6. The van der Waals surface area contributed by atoms with Crippen molar-refractivity contribution in [1.29, 1.82) is 0 Å². The third-order valence-electron chi connectivity index (χ3n) is 10.1. The Bertz CT molecular complexity index is 3130. The number of hydrogen-bond donors (Lipinski definition) is 0. The zero-order chi connectivity index (χ0) is 32.8. The quantitative estimate of drug-likeness (QED) is 0.189. The minimum Gasteiger partial charge on any atom is -0.456 e. The first kappa shape index (κ1) is 27.6. The monoisotopic (exact) mass is 657 g/mol. The third kappa shape index (κ3) is 4.03. The summed E-state index contributed by atoms with van der Waals surface area (Å²) < 4.78 is 15.7. The predicted molar refractivity (Wildman–Crippen MR) is 212 cm³/mol. The molecule has 11 aromatic rings. The van der Waals surface area contributed by atoms with Gasteiger partial charge >= 0.3 is 0 Å². The van der Waals surface area contributed by atoms with Gasteiger partial charge < -0.3 is 13.7 Å². The number of rotatable bonds is 4. The Morgan fingerprint density at radius 2 is 1.14 bits per heavy atom. The molecule has 0 aliphatic carbocycles. The highest BCUT2D eigenvalue weighted by Crippen LogP contribution is 2.48. The molecule has 11 rings (SSSR count). The first-order valence-electron chi connectivity index (χ1n) is 16.8. The van der Waals surface area contributed by atoms with Crippen LogP contribution in [0.5, 0.6) is 0 Å². The van der Waals surface area contributed by atoms with Crippen LogP contribution in [-0.2, 0) is 0 Å². The van der Waals surface area contributed by atoms with Gasteiger partial charge in [0.15, 0.2) is 0 Å². The smallest absolute Gasteiger partial charge is 0.143 e. The summed E-state index contributed by atoms with van der Waals surface area (Å²) in [4.78, 5) is 2.38. The molecule has 0 atom stereocenters. The van der Waals surface area contributed by atoms with Crippen LogP contribution >= 0.6 is 11.3 Å². The zero-order valence-electron chi connectivity index (χ0n) is 26.8. The van der Waals surface area contributed by atoms with E-state index in [4.69, 9.17) is 8.83 Å². The fourth-order valence-corrected chi connectivity index (χ4v) is 8.88. The Morgan fingerprint density at radius 3 is 2.10 bits per heavy atom. The van der Waals surface area contributed by atoms with Gasteiger partial charge in [0.25, 0.3) is 0 Å². The summed E-state index contributed by atoms with van der Waals surface area (Å²) in [6.45, 7) is 0. The lowest BCUT2D eigenvalue weighted by Gasteiger charge is -2.28. The fraction of sp³-hybridized carbons (Fsp3) is 0. The minimum atomic E-state index is 0.854. The second-order valence-electron chi connectivity index (χ2n) is 12.9. The molecule has 0 aliphatic rings. The molecule has 0 saturated heterocycles. The van der Waals surface area contributed by atoms with Crippen molar-refractivity contribution < 1.29 is 8.83 Å². The van der Waals surface area contributed by atoms with Gasteiger partial charge in [0.1, 0.15) is 22.3 Å². The van der Waals surface area contributed by atoms with Crippen LogP contribution in [0, 0.1) is 0 Å². The van der Waals surface area contributed by atoms with Gasteiger partial charge in [0, 0.05) is 59.0 Å². The Morgan fingerprint density at radius 1 is 0.420 bits per heavy atom. The van der Waals surface area contributed by atoms with Gasteiger partial charge in [-0.1, -0.05) is 97.1 Å². The maximum absolute atomic E-state index is 6.69. The summed E-state index contributed by atoms with van der Waals surface area (Å²) in [6.07, 6.45) is 0. The van der Waals surface area contributed by atoms with Gasteiger partial charge in [-0.2, -0.15) is 0 Å². The molecule has 0 aliphatic heterocycles. The largest absolute Gasteiger partial charge is 0.456 e. The maximum atomic E-state index is 6.69. The molecule has 4 heteroatoms. The van der Waals surface area contributed by atoms with Crippen molar-refractivity contribution in [3.8, 4) is 11.1 Å². The number of hydrogen-bond acceptors (Lipinski definition) is 4. The summed E-state index contributed by atoms with van der Waals surface area (Å²) in [5.74, 6) is 0. The van der Waals surface area contributed by atoms with E-state index in [1.807, 2.05) is 23.5 Å². The van der Waals surface area contributed by atoms with Gasteiger partial charge in [-0.15, -0.1) is 11.3 Å². The average molecular weight is 658 g/mol. The summed E-state index contributed by atoms with van der Waals surface area (Å²) in [6, 6.07) is 58.4. The van der Waals surface area contributed by atoms with E-state index < -0.39 is 0 Å². The van der Waals surface area contributed by atoms with E-state index in [0.29, 0.717) is 0 Å². The van der Waals surface area contributed by atoms with Crippen molar-refractivity contribution >= 4 is 103 Å². The normalized spacial score (nSPS) is 12.0. The highest BCUT2D eigenvalue weighted by molar-refractivity contribution is 7.25. The molecule has 3 nitrogen and oxygen atoms in total. The lowest BCUT2D eigenvalue weighted by Crippen LogP contribution is -2.11.